The molecule has 2 nitrogen and oxygen atoms in total. The molecule has 0 radical (unpaired) electrons. The first-order valence-electron chi connectivity index (χ1n) is 3.32. The monoisotopic (exact) mass is 159 g/mol. The number of thioether (sulfide) groups is 1. The van der Waals surface area contributed by atoms with Crippen LogP contribution in [0.1, 0.15) is 13.3 Å². The molecule has 1 amide bonds. The van der Waals surface area contributed by atoms with E-state index in [4.69, 9.17) is 0 Å². The Bertz CT molecular complexity index is 114. The predicted octanol–water partition coefficient (Wildman–Crippen LogP) is 2.03. The van der Waals surface area contributed by atoms with E-state index < -0.39 is 0 Å². The van der Waals surface area contributed by atoms with Crippen LogP contribution in [0, 0.1) is 0 Å². The Kier molecular flexibility index (Phi) is 6.38. The van der Waals surface area contributed by atoms with Gasteiger partial charge in [-0.15, -0.1) is 6.58 Å². The van der Waals surface area contributed by atoms with Crippen LogP contribution in [-0.2, 0) is 0 Å². The quantitative estimate of drug-likeness (QED) is 0.636. The molecule has 0 aromatic rings. The Morgan fingerprint density at radius 3 is 3.00 bits per heavy atom. The van der Waals surface area contributed by atoms with Gasteiger partial charge in [0.05, 0.1) is 0 Å². The lowest BCUT2D eigenvalue weighted by molar-refractivity contribution is 0.261. The molecule has 0 saturated heterocycles. The molecule has 0 saturated carbocycles. The van der Waals surface area contributed by atoms with E-state index >= 15 is 0 Å². The molecule has 0 fully saturated rings. The number of carbonyl (C=O) groups excluding carboxylic acids is 1. The second kappa shape index (κ2) is 6.68. The van der Waals surface area contributed by atoms with Gasteiger partial charge < -0.3 is 5.32 Å². The van der Waals surface area contributed by atoms with E-state index in [9.17, 15) is 4.79 Å². The topological polar surface area (TPSA) is 29.1 Å². The van der Waals surface area contributed by atoms with Crippen molar-refractivity contribution in [2.24, 2.45) is 0 Å². The van der Waals surface area contributed by atoms with Gasteiger partial charge in [-0.2, -0.15) is 0 Å². The molecule has 0 rings (SSSR count). The first-order chi connectivity index (χ1) is 4.81. The molecular formula is C7H13NOS. The summed E-state index contributed by atoms with van der Waals surface area (Å²) in [6.45, 7) is 6.10. The third kappa shape index (κ3) is 5.69. The van der Waals surface area contributed by atoms with E-state index in [1.165, 1.54) is 11.8 Å². The Morgan fingerprint density at radius 2 is 2.50 bits per heavy atom. The lowest BCUT2D eigenvalue weighted by Crippen LogP contribution is -2.18. The summed E-state index contributed by atoms with van der Waals surface area (Å²) in [6.07, 6.45) is 2.70. The minimum atomic E-state index is 0.0433. The smallest absolute Gasteiger partial charge is 0.279 e. The van der Waals surface area contributed by atoms with Gasteiger partial charge in [0.2, 0.25) is 0 Å². The molecule has 0 aromatic heterocycles. The van der Waals surface area contributed by atoms with Gasteiger partial charge in [0, 0.05) is 12.3 Å². The lowest BCUT2D eigenvalue weighted by atomic mass is 10.6. The van der Waals surface area contributed by atoms with Crippen molar-refractivity contribution >= 4 is 17.0 Å². The third-order valence-corrected chi connectivity index (χ3v) is 1.85. The second-order valence-corrected chi connectivity index (χ2v) is 2.87. The maximum absolute atomic E-state index is 10.8. The van der Waals surface area contributed by atoms with Gasteiger partial charge in [-0.1, -0.05) is 24.8 Å². The van der Waals surface area contributed by atoms with Crippen molar-refractivity contribution in [3.63, 3.8) is 0 Å². The van der Waals surface area contributed by atoms with E-state index in [1.807, 2.05) is 6.92 Å². The molecule has 0 aliphatic heterocycles. The number of carbonyl (C=O) groups is 1. The molecule has 0 aliphatic carbocycles. The van der Waals surface area contributed by atoms with Crippen molar-refractivity contribution in [3.05, 3.63) is 12.7 Å². The Hall–Kier alpha value is -0.440. The molecule has 0 aliphatic rings. The standard InChI is InChI=1S/C7H13NOS/c1-3-5-8-7(9)10-6-4-2/h3H,1,4-6H2,2H3,(H,8,9). The number of hydrogen-bond donors (Lipinski definition) is 1. The van der Waals surface area contributed by atoms with E-state index in [1.54, 1.807) is 6.08 Å². The number of nitrogens with one attached hydrogen (secondary N) is 1. The fourth-order valence-electron chi connectivity index (χ4n) is 0.401. The zero-order valence-corrected chi connectivity index (χ0v) is 7.04. The zero-order chi connectivity index (χ0) is 7.82. The van der Waals surface area contributed by atoms with Crippen molar-refractivity contribution in [2.75, 3.05) is 12.3 Å². The molecule has 0 atom stereocenters. The summed E-state index contributed by atoms with van der Waals surface area (Å²) in [5, 5.41) is 2.72. The van der Waals surface area contributed by atoms with Crippen LogP contribution in [0.15, 0.2) is 12.7 Å². The number of amides is 1. The SMILES string of the molecule is C=CCNC(=O)SCCC. The van der Waals surface area contributed by atoms with Crippen molar-refractivity contribution in [3.8, 4) is 0 Å². The maximum Gasteiger partial charge on any atom is 0.279 e. The number of hydrogen-bond acceptors (Lipinski definition) is 2. The number of rotatable bonds is 4. The fourth-order valence-corrected chi connectivity index (χ4v) is 0.976. The fraction of sp³-hybridized carbons (Fsp3) is 0.571. The Balaban J connectivity index is 3.16. The van der Waals surface area contributed by atoms with Gasteiger partial charge in [-0.05, 0) is 6.42 Å². The summed E-state index contributed by atoms with van der Waals surface area (Å²) >= 11 is 1.32. The van der Waals surface area contributed by atoms with Crippen LogP contribution >= 0.6 is 11.8 Å². The molecule has 0 spiro atoms. The summed E-state index contributed by atoms with van der Waals surface area (Å²) in [6, 6.07) is 0. The molecule has 10 heavy (non-hydrogen) atoms. The molecule has 1 N–H and O–H groups in total. The molecule has 58 valence electrons. The Morgan fingerprint density at radius 1 is 1.80 bits per heavy atom. The highest BCUT2D eigenvalue weighted by Gasteiger charge is 1.96. The molecule has 0 bridgehead atoms. The highest BCUT2D eigenvalue weighted by Crippen LogP contribution is 2.01. The average Bonchev–Trinajstić information content (AvgIpc) is 1.97. The van der Waals surface area contributed by atoms with E-state index in [-0.39, 0.29) is 5.24 Å². The second-order valence-electron chi connectivity index (χ2n) is 1.81. The predicted molar refractivity (Wildman–Crippen MR) is 46.3 cm³/mol. The summed E-state index contributed by atoms with van der Waals surface area (Å²) in [7, 11) is 0. The van der Waals surface area contributed by atoms with Gasteiger partial charge in [0.25, 0.3) is 5.24 Å². The van der Waals surface area contributed by atoms with Crippen molar-refractivity contribution in [1.29, 1.82) is 0 Å². The van der Waals surface area contributed by atoms with E-state index in [2.05, 4.69) is 11.9 Å². The average molecular weight is 159 g/mol. The van der Waals surface area contributed by atoms with Crippen LogP contribution in [0.4, 0.5) is 4.79 Å². The van der Waals surface area contributed by atoms with Crippen LogP contribution in [0.5, 0.6) is 0 Å². The zero-order valence-electron chi connectivity index (χ0n) is 6.22. The Labute approximate surface area is 66.1 Å². The van der Waals surface area contributed by atoms with Crippen LogP contribution < -0.4 is 5.32 Å². The summed E-state index contributed by atoms with van der Waals surface area (Å²) in [4.78, 5) is 10.8. The van der Waals surface area contributed by atoms with Gasteiger partial charge in [-0.25, -0.2) is 0 Å². The maximum atomic E-state index is 10.8. The van der Waals surface area contributed by atoms with Crippen LogP contribution in [0.2, 0.25) is 0 Å². The van der Waals surface area contributed by atoms with Gasteiger partial charge in [0.1, 0.15) is 0 Å². The largest absolute Gasteiger partial charge is 0.344 e. The van der Waals surface area contributed by atoms with Crippen LogP contribution in [-0.4, -0.2) is 17.5 Å². The third-order valence-electron chi connectivity index (χ3n) is 0.828. The van der Waals surface area contributed by atoms with E-state index in [0.717, 1.165) is 12.2 Å². The van der Waals surface area contributed by atoms with Crippen LogP contribution in [0.3, 0.4) is 0 Å². The highest BCUT2D eigenvalue weighted by atomic mass is 32.2. The van der Waals surface area contributed by atoms with Crippen molar-refractivity contribution in [1.82, 2.24) is 5.32 Å². The van der Waals surface area contributed by atoms with Gasteiger partial charge in [0.15, 0.2) is 0 Å². The first-order valence-corrected chi connectivity index (χ1v) is 4.31. The van der Waals surface area contributed by atoms with Gasteiger partial charge >= 0.3 is 0 Å². The van der Waals surface area contributed by atoms with Crippen molar-refractivity contribution < 1.29 is 4.79 Å². The van der Waals surface area contributed by atoms with Crippen LogP contribution in [0.25, 0.3) is 0 Å². The minimum absolute atomic E-state index is 0.0433. The van der Waals surface area contributed by atoms with E-state index in [0.29, 0.717) is 6.54 Å². The lowest BCUT2D eigenvalue weighted by Gasteiger charge is -1.98. The molecule has 3 heteroatoms. The highest BCUT2D eigenvalue weighted by molar-refractivity contribution is 8.13. The summed E-state index contributed by atoms with van der Waals surface area (Å²) < 4.78 is 0. The molecule has 0 unspecified atom stereocenters. The molecular weight excluding hydrogens is 146 g/mol. The summed E-state index contributed by atoms with van der Waals surface area (Å²) in [5.41, 5.74) is 0. The normalized spacial score (nSPS) is 8.90. The summed E-state index contributed by atoms with van der Waals surface area (Å²) in [5.74, 6) is 0.892. The van der Waals surface area contributed by atoms with Gasteiger partial charge in [-0.3, -0.25) is 4.79 Å². The minimum Gasteiger partial charge on any atom is -0.344 e. The first kappa shape index (κ1) is 9.56. The van der Waals surface area contributed by atoms with Crippen molar-refractivity contribution in [2.45, 2.75) is 13.3 Å². The molecule has 0 aromatic carbocycles. The molecule has 0 heterocycles.